The first-order valence-corrected chi connectivity index (χ1v) is 7.89. The van der Waals surface area contributed by atoms with E-state index in [0.717, 1.165) is 0 Å². The molecule has 0 aliphatic carbocycles. The van der Waals surface area contributed by atoms with E-state index in [4.69, 9.17) is 4.42 Å². The highest BCUT2D eigenvalue weighted by Gasteiger charge is 2.27. The number of hydrogen-bond donors (Lipinski definition) is 0. The summed E-state index contributed by atoms with van der Waals surface area (Å²) in [5.41, 5.74) is 1.04. The van der Waals surface area contributed by atoms with Gasteiger partial charge in [0.25, 0.3) is 5.91 Å². The van der Waals surface area contributed by atoms with Crippen molar-refractivity contribution in [2.75, 3.05) is 11.9 Å². The minimum atomic E-state index is -1.05. The molecule has 0 unspecified atom stereocenters. The van der Waals surface area contributed by atoms with Crippen molar-refractivity contribution in [1.29, 1.82) is 5.26 Å². The quantitative estimate of drug-likeness (QED) is 0.661. The summed E-state index contributed by atoms with van der Waals surface area (Å²) in [4.78, 5) is 31.0. The summed E-state index contributed by atoms with van der Waals surface area (Å²) < 4.78 is 5.14. The van der Waals surface area contributed by atoms with Gasteiger partial charge in [-0.3, -0.25) is 14.6 Å². The fraction of sp³-hybridized carbons (Fsp3) is 0.100. The number of carbonyl (C=O) groups excluding carboxylic acids is 2. The molecular weight excluding hydrogens is 330 g/mol. The van der Waals surface area contributed by atoms with Gasteiger partial charge in [0.1, 0.15) is 0 Å². The molecule has 0 fully saturated rings. The van der Waals surface area contributed by atoms with E-state index < -0.39 is 11.7 Å². The second-order valence-corrected chi connectivity index (χ2v) is 5.54. The van der Waals surface area contributed by atoms with Crippen molar-refractivity contribution in [2.24, 2.45) is 0 Å². The molecule has 6 nitrogen and oxygen atoms in total. The Balaban J connectivity index is 1.98. The topological polar surface area (TPSA) is 87.2 Å². The molecule has 2 heterocycles. The number of anilines is 1. The van der Waals surface area contributed by atoms with Gasteiger partial charge in [-0.1, -0.05) is 18.2 Å². The molecular formula is C20H15N3O3. The number of nitrogens with zero attached hydrogens (tertiary/aromatic N) is 3. The minimum absolute atomic E-state index is 0.163. The molecule has 0 saturated heterocycles. The van der Waals surface area contributed by atoms with Crippen LogP contribution in [0.5, 0.6) is 0 Å². The second kappa shape index (κ2) is 7.45. The van der Waals surface area contributed by atoms with Crippen LogP contribution in [0.15, 0.2) is 71.5 Å². The first-order chi connectivity index (χ1) is 12.6. The van der Waals surface area contributed by atoms with E-state index in [0.29, 0.717) is 11.4 Å². The summed E-state index contributed by atoms with van der Waals surface area (Å²) in [7, 11) is 1.55. The number of ketones is 1. The van der Waals surface area contributed by atoms with Crippen LogP contribution >= 0.6 is 0 Å². The maximum absolute atomic E-state index is 13.0. The summed E-state index contributed by atoms with van der Waals surface area (Å²) >= 11 is 0. The maximum atomic E-state index is 13.0. The molecule has 1 amide bonds. The molecule has 0 aliphatic rings. The van der Waals surface area contributed by atoms with Crippen molar-refractivity contribution in [3.8, 4) is 6.07 Å². The molecule has 128 valence electrons. The Labute approximate surface area is 150 Å². The van der Waals surface area contributed by atoms with Crippen LogP contribution in [0.3, 0.4) is 0 Å². The monoisotopic (exact) mass is 345 g/mol. The number of nitriles is 1. The molecule has 0 bridgehead atoms. The molecule has 6 heteroatoms. The van der Waals surface area contributed by atoms with Gasteiger partial charge in [-0.2, -0.15) is 5.26 Å². The van der Waals surface area contributed by atoms with E-state index in [1.807, 2.05) is 6.07 Å². The molecule has 0 N–H and O–H groups in total. The fourth-order valence-corrected chi connectivity index (χ4v) is 2.61. The lowest BCUT2D eigenvalue weighted by Gasteiger charge is -2.20. The lowest BCUT2D eigenvalue weighted by Crippen LogP contribution is -2.28. The van der Waals surface area contributed by atoms with E-state index in [1.165, 1.54) is 17.4 Å². The van der Waals surface area contributed by atoms with E-state index in [9.17, 15) is 14.9 Å². The highest BCUT2D eigenvalue weighted by atomic mass is 16.3. The Morgan fingerprint density at radius 2 is 1.88 bits per heavy atom. The predicted octanol–water partition coefficient (Wildman–Crippen LogP) is 3.44. The van der Waals surface area contributed by atoms with Crippen molar-refractivity contribution in [1.82, 2.24) is 4.98 Å². The van der Waals surface area contributed by atoms with Crippen molar-refractivity contribution in [3.63, 3.8) is 0 Å². The number of para-hydroxylation sites is 1. The summed E-state index contributed by atoms with van der Waals surface area (Å²) in [6.07, 6.45) is 2.94. The summed E-state index contributed by atoms with van der Waals surface area (Å²) in [5.74, 6) is -1.69. The van der Waals surface area contributed by atoms with Crippen LogP contribution in [-0.4, -0.2) is 23.7 Å². The van der Waals surface area contributed by atoms with Crippen LogP contribution in [0.25, 0.3) is 0 Å². The Kier molecular flexibility index (Phi) is 4.90. The summed E-state index contributed by atoms with van der Waals surface area (Å²) in [5, 5.41) is 9.49. The van der Waals surface area contributed by atoms with Crippen molar-refractivity contribution in [2.45, 2.75) is 5.92 Å². The second-order valence-electron chi connectivity index (χ2n) is 5.54. The largest absolute Gasteiger partial charge is 0.459 e. The highest BCUT2D eigenvalue weighted by Crippen LogP contribution is 2.27. The molecule has 3 aromatic rings. The third kappa shape index (κ3) is 3.23. The van der Waals surface area contributed by atoms with Gasteiger partial charge in [0.2, 0.25) is 0 Å². The van der Waals surface area contributed by atoms with Crippen molar-refractivity contribution >= 4 is 17.4 Å². The van der Waals surface area contributed by atoms with Crippen LogP contribution in [-0.2, 0) is 0 Å². The van der Waals surface area contributed by atoms with Crippen LogP contribution in [0.4, 0.5) is 5.69 Å². The number of hydrogen-bond acceptors (Lipinski definition) is 5. The molecule has 1 aromatic carbocycles. The minimum Gasteiger partial charge on any atom is -0.459 e. The molecule has 0 saturated carbocycles. The van der Waals surface area contributed by atoms with Gasteiger partial charge in [0.15, 0.2) is 17.5 Å². The van der Waals surface area contributed by atoms with Crippen LogP contribution in [0.2, 0.25) is 0 Å². The zero-order valence-corrected chi connectivity index (χ0v) is 14.0. The number of Topliss-reactive ketones (excluding diaryl/α,β-unsaturated/α-hetero) is 1. The average Bonchev–Trinajstić information content (AvgIpc) is 3.23. The zero-order valence-electron chi connectivity index (χ0n) is 14.0. The van der Waals surface area contributed by atoms with E-state index in [2.05, 4.69) is 4.98 Å². The molecule has 26 heavy (non-hydrogen) atoms. The number of amides is 1. The van der Waals surface area contributed by atoms with Gasteiger partial charge in [0, 0.05) is 18.8 Å². The van der Waals surface area contributed by atoms with Gasteiger partial charge in [0.05, 0.1) is 23.7 Å². The highest BCUT2D eigenvalue weighted by molar-refractivity contribution is 6.11. The lowest BCUT2D eigenvalue weighted by atomic mass is 9.94. The molecule has 0 aliphatic heterocycles. The smallest absolute Gasteiger partial charge is 0.293 e. The van der Waals surface area contributed by atoms with E-state index >= 15 is 0 Å². The third-order valence-corrected chi connectivity index (χ3v) is 3.94. The fourth-order valence-electron chi connectivity index (χ4n) is 2.61. The number of aromatic nitrogens is 1. The first kappa shape index (κ1) is 17.1. The van der Waals surface area contributed by atoms with Gasteiger partial charge in [-0.25, -0.2) is 0 Å². The predicted molar refractivity (Wildman–Crippen MR) is 94.8 cm³/mol. The molecule has 0 spiro atoms. The first-order valence-electron chi connectivity index (χ1n) is 7.89. The van der Waals surface area contributed by atoms with Crippen LogP contribution in [0, 0.1) is 11.3 Å². The number of benzene rings is 1. The lowest BCUT2D eigenvalue weighted by molar-refractivity contribution is 0.0966. The van der Waals surface area contributed by atoms with Gasteiger partial charge in [-0.05, 0) is 36.4 Å². The van der Waals surface area contributed by atoms with Crippen molar-refractivity contribution in [3.05, 3.63) is 84.1 Å². The Morgan fingerprint density at radius 1 is 1.12 bits per heavy atom. The van der Waals surface area contributed by atoms with Crippen LogP contribution < -0.4 is 4.90 Å². The SMILES string of the molecule is CN(C(=O)c1ccco1)c1ccccc1C(=O)[C@H](C#N)c1ccccn1. The van der Waals surface area contributed by atoms with E-state index in [-0.39, 0.29) is 17.2 Å². The zero-order chi connectivity index (χ0) is 18.5. The number of furan rings is 1. The number of rotatable bonds is 5. The van der Waals surface area contributed by atoms with Gasteiger partial charge >= 0.3 is 0 Å². The maximum Gasteiger partial charge on any atom is 0.293 e. The summed E-state index contributed by atoms with van der Waals surface area (Å²) in [6, 6.07) is 16.9. The molecule has 2 aromatic heterocycles. The Bertz CT molecular complexity index is 959. The Morgan fingerprint density at radius 3 is 2.54 bits per heavy atom. The number of carbonyl (C=O) groups is 2. The normalized spacial score (nSPS) is 11.4. The van der Waals surface area contributed by atoms with E-state index in [1.54, 1.807) is 61.6 Å². The molecule has 3 rings (SSSR count). The standard InChI is InChI=1S/C20H15N3O3/c1-23(20(25)18-10-6-12-26-18)17-9-3-2-7-14(17)19(24)15(13-21)16-8-4-5-11-22-16/h2-12,15H,1H3/t15-/m1/s1. The number of pyridine rings is 1. The van der Waals surface area contributed by atoms with Gasteiger partial charge < -0.3 is 9.32 Å². The van der Waals surface area contributed by atoms with Gasteiger partial charge in [-0.15, -0.1) is 0 Å². The Hall–Kier alpha value is -3.72. The van der Waals surface area contributed by atoms with Crippen LogP contribution in [0.1, 0.15) is 32.5 Å². The molecule has 1 atom stereocenters. The molecule has 0 radical (unpaired) electrons. The van der Waals surface area contributed by atoms with Crippen molar-refractivity contribution < 1.29 is 14.0 Å². The third-order valence-electron chi connectivity index (χ3n) is 3.94. The average molecular weight is 345 g/mol. The summed E-state index contributed by atoms with van der Waals surface area (Å²) in [6.45, 7) is 0.